The highest BCUT2D eigenvalue weighted by Gasteiger charge is 2.25. The summed E-state index contributed by atoms with van der Waals surface area (Å²) >= 11 is 0. The number of carbonyl (C=O) groups is 1. The van der Waals surface area contributed by atoms with Crippen molar-refractivity contribution in [3.05, 3.63) is 35.4 Å². The van der Waals surface area contributed by atoms with Crippen molar-refractivity contribution in [2.45, 2.75) is 58.8 Å². The van der Waals surface area contributed by atoms with Gasteiger partial charge in [0.25, 0.3) is 5.91 Å². The molecule has 3 rings (SSSR count). The van der Waals surface area contributed by atoms with Crippen LogP contribution in [-0.4, -0.2) is 42.2 Å². The zero-order valence-electron chi connectivity index (χ0n) is 16.7. The van der Waals surface area contributed by atoms with E-state index in [-0.39, 0.29) is 5.91 Å². The van der Waals surface area contributed by atoms with Gasteiger partial charge in [-0.25, -0.2) is 4.98 Å². The van der Waals surface area contributed by atoms with Gasteiger partial charge >= 0.3 is 0 Å². The quantitative estimate of drug-likeness (QED) is 0.706. The third-order valence-corrected chi connectivity index (χ3v) is 4.92. The number of hydrogen-bond acceptors (Lipinski definition) is 5. The first-order chi connectivity index (χ1) is 12.8. The van der Waals surface area contributed by atoms with E-state index >= 15 is 0 Å². The Morgan fingerprint density at radius 3 is 2.56 bits per heavy atom. The van der Waals surface area contributed by atoms with Crippen molar-refractivity contribution < 1.29 is 4.79 Å². The monoisotopic (exact) mass is 369 g/mol. The van der Waals surface area contributed by atoms with Crippen LogP contribution >= 0.6 is 0 Å². The largest absolute Gasteiger partial charge is 0.356 e. The van der Waals surface area contributed by atoms with Gasteiger partial charge in [-0.15, -0.1) is 0 Å². The highest BCUT2D eigenvalue weighted by Crippen LogP contribution is 2.27. The third kappa shape index (κ3) is 4.76. The number of nitrogens with one attached hydrogen (secondary N) is 2. The van der Waals surface area contributed by atoms with Crippen LogP contribution in [0.2, 0.25) is 0 Å². The molecule has 1 saturated heterocycles. The van der Waals surface area contributed by atoms with Crippen LogP contribution in [0.5, 0.6) is 0 Å². The number of aryl methyl sites for hydroxylation is 1. The number of hydrogen-bond donors (Lipinski definition) is 3. The molecule has 27 heavy (non-hydrogen) atoms. The van der Waals surface area contributed by atoms with Gasteiger partial charge in [-0.3, -0.25) is 4.79 Å². The Morgan fingerprint density at radius 2 is 1.93 bits per heavy atom. The van der Waals surface area contributed by atoms with E-state index < -0.39 is 6.17 Å². The number of anilines is 1. The Hall–Kier alpha value is -2.18. The van der Waals surface area contributed by atoms with Gasteiger partial charge in [-0.1, -0.05) is 25.5 Å². The second-order valence-electron chi connectivity index (χ2n) is 7.90. The minimum atomic E-state index is -0.403. The lowest BCUT2D eigenvalue weighted by Gasteiger charge is -2.35. The topological polar surface area (TPSA) is 83.3 Å². The molecule has 1 aliphatic rings. The Labute approximate surface area is 161 Å². The molecular weight excluding hydrogens is 338 g/mol. The molecule has 0 bridgehead atoms. The molecule has 1 amide bonds. The molecule has 0 saturated carbocycles. The van der Waals surface area contributed by atoms with Crippen LogP contribution in [0.4, 0.5) is 5.82 Å². The van der Waals surface area contributed by atoms with Crippen LogP contribution in [0, 0.1) is 6.92 Å². The number of nitrogens with two attached hydrogens (primary N) is 1. The first-order valence-corrected chi connectivity index (χ1v) is 9.82. The summed E-state index contributed by atoms with van der Waals surface area (Å²) in [5, 5.41) is 7.40. The summed E-state index contributed by atoms with van der Waals surface area (Å²) < 4.78 is 0. The highest BCUT2D eigenvalue weighted by molar-refractivity contribution is 6.02. The molecule has 1 aromatic carbocycles. The second kappa shape index (κ2) is 8.23. The first-order valence-electron chi connectivity index (χ1n) is 9.82. The molecule has 0 radical (unpaired) electrons. The van der Waals surface area contributed by atoms with Gasteiger partial charge in [0, 0.05) is 30.6 Å². The SMILES string of the molecule is Cc1ccc2nc(N3CCC(NC(C)C)CC3)c(C(=O)NC(C)N)cc2c1. The van der Waals surface area contributed by atoms with Crippen LogP contribution in [0.3, 0.4) is 0 Å². The predicted octanol–water partition coefficient (Wildman–Crippen LogP) is 2.54. The summed E-state index contributed by atoms with van der Waals surface area (Å²) in [4.78, 5) is 19.9. The van der Waals surface area contributed by atoms with Crippen LogP contribution in [0.15, 0.2) is 24.3 Å². The van der Waals surface area contributed by atoms with Gasteiger partial charge < -0.3 is 21.3 Å². The molecule has 0 spiro atoms. The zero-order valence-corrected chi connectivity index (χ0v) is 16.7. The molecule has 4 N–H and O–H groups in total. The average molecular weight is 370 g/mol. The smallest absolute Gasteiger partial charge is 0.256 e. The van der Waals surface area contributed by atoms with Crippen LogP contribution in [-0.2, 0) is 0 Å². The molecule has 2 heterocycles. The number of fused-ring (bicyclic) bond motifs is 1. The fourth-order valence-corrected chi connectivity index (χ4v) is 3.71. The second-order valence-corrected chi connectivity index (χ2v) is 7.90. The number of aromatic nitrogens is 1. The van der Waals surface area contributed by atoms with E-state index in [1.54, 1.807) is 6.92 Å². The molecule has 1 aliphatic heterocycles. The maximum atomic E-state index is 12.8. The summed E-state index contributed by atoms with van der Waals surface area (Å²) in [6.07, 6.45) is 1.68. The van der Waals surface area contributed by atoms with E-state index in [1.165, 1.54) is 0 Å². The van der Waals surface area contributed by atoms with Crippen molar-refractivity contribution in [3.63, 3.8) is 0 Å². The van der Waals surface area contributed by atoms with Crippen molar-refractivity contribution in [2.24, 2.45) is 5.73 Å². The Morgan fingerprint density at radius 1 is 1.22 bits per heavy atom. The van der Waals surface area contributed by atoms with E-state index in [1.807, 2.05) is 19.1 Å². The molecule has 1 fully saturated rings. The predicted molar refractivity (Wildman–Crippen MR) is 111 cm³/mol. The van der Waals surface area contributed by atoms with Gasteiger partial charge in [0.2, 0.25) is 0 Å². The number of rotatable bonds is 5. The molecule has 6 heteroatoms. The van der Waals surface area contributed by atoms with Crippen molar-refractivity contribution in [1.29, 1.82) is 0 Å². The Bertz CT molecular complexity index is 810. The number of amides is 1. The van der Waals surface area contributed by atoms with E-state index in [4.69, 9.17) is 10.7 Å². The number of benzene rings is 1. The van der Waals surface area contributed by atoms with Crippen molar-refractivity contribution in [1.82, 2.24) is 15.6 Å². The van der Waals surface area contributed by atoms with E-state index in [2.05, 4.69) is 41.5 Å². The number of piperidine rings is 1. The molecule has 2 aromatic rings. The summed E-state index contributed by atoms with van der Waals surface area (Å²) in [5.41, 5.74) is 8.45. The molecule has 1 aromatic heterocycles. The molecular formula is C21H31N5O. The fourth-order valence-electron chi connectivity index (χ4n) is 3.71. The molecule has 0 aliphatic carbocycles. The Balaban J connectivity index is 1.93. The van der Waals surface area contributed by atoms with Gasteiger partial charge in [-0.05, 0) is 44.9 Å². The lowest BCUT2D eigenvalue weighted by molar-refractivity contribution is 0.0941. The maximum absolute atomic E-state index is 12.8. The number of pyridine rings is 1. The Kier molecular flexibility index (Phi) is 5.97. The summed E-state index contributed by atoms with van der Waals surface area (Å²) in [6.45, 7) is 9.92. The highest BCUT2D eigenvalue weighted by atomic mass is 16.1. The zero-order chi connectivity index (χ0) is 19.6. The van der Waals surface area contributed by atoms with Gasteiger partial charge in [0.15, 0.2) is 0 Å². The lowest BCUT2D eigenvalue weighted by Crippen LogP contribution is -2.46. The third-order valence-electron chi connectivity index (χ3n) is 4.92. The maximum Gasteiger partial charge on any atom is 0.256 e. The van der Waals surface area contributed by atoms with Crippen LogP contribution in [0.25, 0.3) is 10.9 Å². The molecule has 146 valence electrons. The molecule has 1 unspecified atom stereocenters. The minimum Gasteiger partial charge on any atom is -0.356 e. The van der Waals surface area contributed by atoms with Crippen molar-refractivity contribution in [3.8, 4) is 0 Å². The average Bonchev–Trinajstić information content (AvgIpc) is 2.60. The van der Waals surface area contributed by atoms with Crippen LogP contribution < -0.4 is 21.3 Å². The molecule has 1 atom stereocenters. The minimum absolute atomic E-state index is 0.168. The fraction of sp³-hybridized carbons (Fsp3) is 0.524. The first kappa shape index (κ1) is 19.6. The van der Waals surface area contributed by atoms with E-state index in [9.17, 15) is 4.79 Å². The van der Waals surface area contributed by atoms with Crippen molar-refractivity contribution >= 4 is 22.6 Å². The van der Waals surface area contributed by atoms with Crippen molar-refractivity contribution in [2.75, 3.05) is 18.0 Å². The summed E-state index contributed by atoms with van der Waals surface area (Å²) in [7, 11) is 0. The molecule has 6 nitrogen and oxygen atoms in total. The van der Waals surface area contributed by atoms with Gasteiger partial charge in [-0.2, -0.15) is 0 Å². The summed E-state index contributed by atoms with van der Waals surface area (Å²) in [6, 6.07) is 9.09. The number of carbonyl (C=O) groups excluding carboxylic acids is 1. The van der Waals surface area contributed by atoms with Crippen LogP contribution in [0.1, 0.15) is 49.5 Å². The standard InChI is InChI=1S/C21H31N5O/c1-13(2)23-17-7-9-26(10-8-17)20-18(21(27)24-15(4)22)12-16-11-14(3)5-6-19(16)25-20/h5-6,11-13,15,17,23H,7-10,22H2,1-4H3,(H,24,27). The summed E-state index contributed by atoms with van der Waals surface area (Å²) in [5.74, 6) is 0.589. The van der Waals surface area contributed by atoms with Gasteiger partial charge in [0.05, 0.1) is 17.2 Å². The normalized spacial score (nSPS) is 16.7. The lowest BCUT2D eigenvalue weighted by atomic mass is 10.0. The van der Waals surface area contributed by atoms with Gasteiger partial charge in [0.1, 0.15) is 5.82 Å². The van der Waals surface area contributed by atoms with E-state index in [0.29, 0.717) is 17.6 Å². The number of nitrogens with zero attached hydrogens (tertiary/aromatic N) is 2. The van der Waals surface area contributed by atoms with E-state index in [0.717, 1.165) is 48.2 Å².